The van der Waals surface area contributed by atoms with E-state index in [1.54, 1.807) is 17.0 Å². The predicted octanol–water partition coefficient (Wildman–Crippen LogP) is 1.96. The van der Waals surface area contributed by atoms with Gasteiger partial charge in [-0.2, -0.15) is 0 Å². The van der Waals surface area contributed by atoms with Crippen LogP contribution >= 0.6 is 0 Å². The van der Waals surface area contributed by atoms with Gasteiger partial charge in [0.15, 0.2) is 6.10 Å². The number of para-hydroxylation sites is 2. The summed E-state index contributed by atoms with van der Waals surface area (Å²) in [5.74, 6) is -0.185. The molecule has 2 amide bonds. The third kappa shape index (κ3) is 3.70. The Balaban J connectivity index is 1.77. The number of nitrogens with zero attached hydrogens (tertiary/aromatic N) is 2. The summed E-state index contributed by atoms with van der Waals surface area (Å²) in [6, 6.07) is 17.3. The van der Waals surface area contributed by atoms with Crippen molar-refractivity contribution in [3.05, 3.63) is 60.2 Å². The number of amides is 2. The Labute approximate surface area is 153 Å². The molecule has 1 heterocycles. The fourth-order valence-corrected chi connectivity index (χ4v) is 3.04. The molecule has 0 fully saturated rings. The minimum absolute atomic E-state index is 0.0865. The first-order chi connectivity index (χ1) is 12.5. The number of ether oxygens (including phenoxy) is 1. The molecule has 0 spiro atoms. The van der Waals surface area contributed by atoms with Gasteiger partial charge in [-0.3, -0.25) is 14.5 Å². The second kappa shape index (κ2) is 7.58. The molecule has 2 unspecified atom stereocenters. The van der Waals surface area contributed by atoms with Crippen molar-refractivity contribution in [3.8, 4) is 5.75 Å². The highest BCUT2D eigenvalue weighted by molar-refractivity contribution is 5.98. The van der Waals surface area contributed by atoms with E-state index in [4.69, 9.17) is 10.5 Å². The summed E-state index contributed by atoms with van der Waals surface area (Å²) >= 11 is 0. The van der Waals surface area contributed by atoms with Crippen molar-refractivity contribution >= 4 is 17.5 Å². The number of rotatable bonds is 5. The van der Waals surface area contributed by atoms with Crippen molar-refractivity contribution in [1.82, 2.24) is 4.90 Å². The SMILES string of the molecule is CC(c1ccccc1)N(C)CC(=O)N1CC(C(N)=O)Oc2ccccc21. The molecule has 1 aliphatic rings. The zero-order valence-electron chi connectivity index (χ0n) is 15.0. The fourth-order valence-electron chi connectivity index (χ4n) is 3.04. The normalized spacial score (nSPS) is 17.3. The first-order valence-corrected chi connectivity index (χ1v) is 8.58. The predicted molar refractivity (Wildman–Crippen MR) is 99.9 cm³/mol. The van der Waals surface area contributed by atoms with Crippen LogP contribution in [0, 0.1) is 0 Å². The number of carbonyl (C=O) groups is 2. The van der Waals surface area contributed by atoms with Crippen LogP contribution in [0.1, 0.15) is 18.5 Å². The van der Waals surface area contributed by atoms with Crippen LogP contribution in [0.2, 0.25) is 0 Å². The Morgan fingerprint density at radius 1 is 1.19 bits per heavy atom. The molecular formula is C20H23N3O3. The van der Waals surface area contributed by atoms with Crippen molar-refractivity contribution in [2.24, 2.45) is 5.73 Å². The highest BCUT2D eigenvalue weighted by Crippen LogP contribution is 2.33. The molecular weight excluding hydrogens is 330 g/mol. The Hall–Kier alpha value is -2.86. The molecule has 26 heavy (non-hydrogen) atoms. The third-order valence-corrected chi connectivity index (χ3v) is 4.72. The number of hydrogen-bond acceptors (Lipinski definition) is 4. The minimum Gasteiger partial charge on any atom is -0.477 e. The molecule has 2 atom stereocenters. The van der Waals surface area contributed by atoms with Gasteiger partial charge in [0.05, 0.1) is 18.8 Å². The maximum absolute atomic E-state index is 13.0. The molecule has 136 valence electrons. The largest absolute Gasteiger partial charge is 0.477 e. The summed E-state index contributed by atoms with van der Waals surface area (Å²) < 4.78 is 5.61. The van der Waals surface area contributed by atoms with Gasteiger partial charge < -0.3 is 15.4 Å². The first kappa shape index (κ1) is 17.9. The summed E-state index contributed by atoms with van der Waals surface area (Å²) in [7, 11) is 1.91. The van der Waals surface area contributed by atoms with E-state index in [-0.39, 0.29) is 25.0 Å². The number of hydrogen-bond donors (Lipinski definition) is 1. The number of fused-ring (bicyclic) bond motifs is 1. The van der Waals surface area contributed by atoms with E-state index in [1.165, 1.54) is 0 Å². The van der Waals surface area contributed by atoms with Crippen molar-refractivity contribution in [2.75, 3.05) is 25.0 Å². The molecule has 0 aliphatic carbocycles. The highest BCUT2D eigenvalue weighted by atomic mass is 16.5. The van der Waals surface area contributed by atoms with Gasteiger partial charge in [0, 0.05) is 6.04 Å². The average molecular weight is 353 g/mol. The molecule has 6 nitrogen and oxygen atoms in total. The van der Waals surface area contributed by atoms with E-state index in [2.05, 4.69) is 6.92 Å². The van der Waals surface area contributed by atoms with E-state index in [0.717, 1.165) is 5.56 Å². The zero-order valence-corrected chi connectivity index (χ0v) is 15.0. The van der Waals surface area contributed by atoms with Gasteiger partial charge in [-0.05, 0) is 31.7 Å². The van der Waals surface area contributed by atoms with Crippen LogP contribution in [-0.2, 0) is 9.59 Å². The summed E-state index contributed by atoms with van der Waals surface area (Å²) in [6.07, 6.45) is -0.842. The quantitative estimate of drug-likeness (QED) is 0.891. The van der Waals surface area contributed by atoms with Gasteiger partial charge in [-0.1, -0.05) is 42.5 Å². The Morgan fingerprint density at radius 3 is 2.54 bits per heavy atom. The smallest absolute Gasteiger partial charge is 0.260 e. The van der Waals surface area contributed by atoms with E-state index >= 15 is 0 Å². The number of nitrogens with two attached hydrogens (primary N) is 1. The van der Waals surface area contributed by atoms with Crippen LogP contribution in [0.15, 0.2) is 54.6 Å². The second-order valence-electron chi connectivity index (χ2n) is 6.48. The number of carbonyl (C=O) groups excluding carboxylic acids is 2. The molecule has 3 rings (SSSR count). The van der Waals surface area contributed by atoms with Crippen molar-refractivity contribution < 1.29 is 14.3 Å². The maximum atomic E-state index is 13.0. The van der Waals surface area contributed by atoms with Gasteiger partial charge in [-0.25, -0.2) is 0 Å². The summed E-state index contributed by atoms with van der Waals surface area (Å²) in [4.78, 5) is 28.1. The summed E-state index contributed by atoms with van der Waals surface area (Å²) in [5.41, 5.74) is 7.20. The van der Waals surface area contributed by atoms with Crippen LogP contribution in [-0.4, -0.2) is 43.0 Å². The van der Waals surface area contributed by atoms with Crippen LogP contribution in [0.25, 0.3) is 0 Å². The van der Waals surface area contributed by atoms with Crippen LogP contribution in [0.3, 0.4) is 0 Å². The van der Waals surface area contributed by atoms with Crippen LogP contribution < -0.4 is 15.4 Å². The topological polar surface area (TPSA) is 75.9 Å². The van der Waals surface area contributed by atoms with E-state index in [0.29, 0.717) is 11.4 Å². The average Bonchev–Trinajstić information content (AvgIpc) is 2.66. The van der Waals surface area contributed by atoms with Gasteiger partial charge >= 0.3 is 0 Å². The lowest BCUT2D eigenvalue weighted by Gasteiger charge is -2.35. The van der Waals surface area contributed by atoms with Crippen molar-refractivity contribution in [1.29, 1.82) is 0 Å². The summed E-state index contributed by atoms with van der Waals surface area (Å²) in [5, 5.41) is 0. The lowest BCUT2D eigenvalue weighted by molar-refractivity contribution is -0.125. The molecule has 6 heteroatoms. The number of benzene rings is 2. The molecule has 2 aromatic carbocycles. The molecule has 0 aromatic heterocycles. The molecule has 0 saturated carbocycles. The molecule has 2 aromatic rings. The number of anilines is 1. The van der Waals surface area contributed by atoms with Crippen LogP contribution in [0.5, 0.6) is 5.75 Å². The third-order valence-electron chi connectivity index (χ3n) is 4.72. The maximum Gasteiger partial charge on any atom is 0.260 e. The van der Waals surface area contributed by atoms with E-state index in [1.807, 2.05) is 54.4 Å². The standard InChI is InChI=1S/C20H23N3O3/c1-14(15-8-4-3-5-9-15)22(2)13-19(24)23-12-18(20(21)25)26-17-11-7-6-10-16(17)23/h3-11,14,18H,12-13H2,1-2H3,(H2,21,25). The number of likely N-dealkylation sites (N-methyl/N-ethyl adjacent to an activating group) is 1. The zero-order chi connectivity index (χ0) is 18.7. The Bertz CT molecular complexity index is 794. The van der Waals surface area contributed by atoms with Gasteiger partial charge in [0.25, 0.3) is 5.91 Å². The Morgan fingerprint density at radius 2 is 1.85 bits per heavy atom. The molecule has 0 bridgehead atoms. The molecule has 0 saturated heterocycles. The van der Waals surface area contributed by atoms with E-state index < -0.39 is 12.0 Å². The second-order valence-corrected chi connectivity index (χ2v) is 6.48. The first-order valence-electron chi connectivity index (χ1n) is 8.58. The lowest BCUT2D eigenvalue weighted by atomic mass is 10.1. The van der Waals surface area contributed by atoms with Gasteiger partial charge in [-0.15, -0.1) is 0 Å². The lowest BCUT2D eigenvalue weighted by Crippen LogP contribution is -2.51. The fraction of sp³-hybridized carbons (Fsp3) is 0.300. The van der Waals surface area contributed by atoms with Crippen LogP contribution in [0.4, 0.5) is 5.69 Å². The van der Waals surface area contributed by atoms with Crippen molar-refractivity contribution in [3.63, 3.8) is 0 Å². The Kier molecular flexibility index (Phi) is 5.23. The van der Waals surface area contributed by atoms with Crippen molar-refractivity contribution in [2.45, 2.75) is 19.1 Å². The van der Waals surface area contributed by atoms with Gasteiger partial charge in [0.2, 0.25) is 5.91 Å². The van der Waals surface area contributed by atoms with Gasteiger partial charge in [0.1, 0.15) is 5.75 Å². The molecule has 2 N–H and O–H groups in total. The minimum atomic E-state index is -0.842. The highest BCUT2D eigenvalue weighted by Gasteiger charge is 2.33. The molecule has 1 aliphatic heterocycles. The van der Waals surface area contributed by atoms with E-state index in [9.17, 15) is 9.59 Å². The monoisotopic (exact) mass is 353 g/mol. The molecule has 0 radical (unpaired) electrons. The summed E-state index contributed by atoms with van der Waals surface area (Å²) in [6.45, 7) is 2.40. The number of primary amides is 1.